The Morgan fingerprint density at radius 2 is 1.96 bits per heavy atom. The molecule has 1 aliphatic carbocycles. The SMILES string of the molecule is O=C(/C=C/c1nc2ccccc2o1)N(Cc1ccc(F)cc1)C1CC1. The fourth-order valence-corrected chi connectivity index (χ4v) is 2.76. The second kappa shape index (κ2) is 6.51. The van der Waals surface area contributed by atoms with Crippen LogP contribution < -0.4 is 0 Å². The molecule has 5 heteroatoms. The van der Waals surface area contributed by atoms with Crippen LogP contribution in [0.2, 0.25) is 0 Å². The summed E-state index contributed by atoms with van der Waals surface area (Å²) < 4.78 is 18.6. The Kier molecular flexibility index (Phi) is 4.06. The van der Waals surface area contributed by atoms with Crippen LogP contribution in [0.25, 0.3) is 17.2 Å². The van der Waals surface area contributed by atoms with Gasteiger partial charge in [0.05, 0.1) is 0 Å². The summed E-state index contributed by atoms with van der Waals surface area (Å²) in [5, 5.41) is 0. The maximum absolute atomic E-state index is 13.0. The van der Waals surface area contributed by atoms with Crippen LogP contribution in [0.5, 0.6) is 0 Å². The number of nitrogens with zero attached hydrogens (tertiary/aromatic N) is 2. The first kappa shape index (κ1) is 15.6. The van der Waals surface area contributed by atoms with Crippen molar-refractivity contribution in [1.29, 1.82) is 0 Å². The quantitative estimate of drug-likeness (QED) is 0.657. The minimum Gasteiger partial charge on any atom is -0.437 e. The van der Waals surface area contributed by atoms with Gasteiger partial charge in [-0.05, 0) is 42.7 Å². The van der Waals surface area contributed by atoms with Crippen LogP contribution in [0.3, 0.4) is 0 Å². The number of amides is 1. The normalized spacial score (nSPS) is 14.3. The molecule has 0 saturated heterocycles. The van der Waals surface area contributed by atoms with E-state index in [1.54, 1.807) is 18.2 Å². The number of hydrogen-bond donors (Lipinski definition) is 0. The number of aromatic nitrogens is 1. The minimum atomic E-state index is -0.274. The summed E-state index contributed by atoms with van der Waals surface area (Å²) in [4.78, 5) is 18.7. The molecule has 0 aliphatic heterocycles. The first-order valence-electron chi connectivity index (χ1n) is 8.28. The number of rotatable bonds is 5. The van der Waals surface area contributed by atoms with E-state index in [1.165, 1.54) is 18.2 Å². The lowest BCUT2D eigenvalue weighted by molar-refractivity contribution is -0.127. The molecule has 1 fully saturated rings. The second-order valence-corrected chi connectivity index (χ2v) is 6.18. The van der Waals surface area contributed by atoms with E-state index in [0.29, 0.717) is 18.0 Å². The minimum absolute atomic E-state index is 0.0888. The van der Waals surface area contributed by atoms with E-state index < -0.39 is 0 Å². The Hall–Kier alpha value is -2.95. The van der Waals surface area contributed by atoms with E-state index in [1.807, 2.05) is 29.2 Å². The first-order valence-corrected chi connectivity index (χ1v) is 8.28. The molecular weight excluding hydrogens is 319 g/mol. The second-order valence-electron chi connectivity index (χ2n) is 6.18. The lowest BCUT2D eigenvalue weighted by atomic mass is 10.2. The topological polar surface area (TPSA) is 46.3 Å². The molecule has 0 spiro atoms. The van der Waals surface area contributed by atoms with Crippen molar-refractivity contribution in [3.05, 3.63) is 71.9 Å². The van der Waals surface area contributed by atoms with Gasteiger partial charge in [-0.1, -0.05) is 24.3 Å². The van der Waals surface area contributed by atoms with Gasteiger partial charge in [0.1, 0.15) is 11.3 Å². The fourth-order valence-electron chi connectivity index (χ4n) is 2.76. The van der Waals surface area contributed by atoms with E-state index in [4.69, 9.17) is 4.42 Å². The molecule has 1 aromatic heterocycles. The highest BCUT2D eigenvalue weighted by atomic mass is 19.1. The number of para-hydroxylation sites is 2. The number of halogens is 1. The number of carbonyl (C=O) groups excluding carboxylic acids is 1. The number of oxazole rings is 1. The monoisotopic (exact) mass is 336 g/mol. The molecule has 4 rings (SSSR count). The summed E-state index contributed by atoms with van der Waals surface area (Å²) in [6, 6.07) is 14.0. The van der Waals surface area contributed by atoms with E-state index in [0.717, 1.165) is 23.9 Å². The van der Waals surface area contributed by atoms with E-state index >= 15 is 0 Å². The molecule has 0 radical (unpaired) electrons. The Balaban J connectivity index is 1.49. The molecular formula is C20H17FN2O2. The maximum Gasteiger partial charge on any atom is 0.247 e. The molecule has 1 amide bonds. The van der Waals surface area contributed by atoms with Gasteiger partial charge in [-0.25, -0.2) is 9.37 Å². The highest BCUT2D eigenvalue weighted by Crippen LogP contribution is 2.29. The molecule has 0 bridgehead atoms. The molecule has 0 unspecified atom stereocenters. The van der Waals surface area contributed by atoms with Crippen molar-refractivity contribution in [3.63, 3.8) is 0 Å². The van der Waals surface area contributed by atoms with Crippen LogP contribution in [-0.4, -0.2) is 21.8 Å². The van der Waals surface area contributed by atoms with Crippen LogP contribution in [-0.2, 0) is 11.3 Å². The zero-order valence-electron chi connectivity index (χ0n) is 13.6. The molecule has 2 aromatic carbocycles. The lowest BCUT2D eigenvalue weighted by Gasteiger charge is -2.20. The average molecular weight is 336 g/mol. The molecule has 0 N–H and O–H groups in total. The van der Waals surface area contributed by atoms with Gasteiger partial charge in [-0.15, -0.1) is 0 Å². The molecule has 25 heavy (non-hydrogen) atoms. The molecule has 0 atom stereocenters. The molecule has 3 aromatic rings. The van der Waals surface area contributed by atoms with Crippen molar-refractivity contribution in [2.24, 2.45) is 0 Å². The molecule has 126 valence electrons. The predicted octanol–water partition coefficient (Wildman–Crippen LogP) is 4.17. The zero-order chi connectivity index (χ0) is 17.2. The van der Waals surface area contributed by atoms with Gasteiger partial charge in [0.2, 0.25) is 11.8 Å². The predicted molar refractivity (Wildman–Crippen MR) is 93.0 cm³/mol. The van der Waals surface area contributed by atoms with Gasteiger partial charge in [0, 0.05) is 24.7 Å². The molecule has 1 aliphatic rings. The summed E-state index contributed by atoms with van der Waals surface area (Å²) in [5.41, 5.74) is 2.37. The summed E-state index contributed by atoms with van der Waals surface area (Å²) in [6.45, 7) is 0.474. The van der Waals surface area contributed by atoms with Crippen LogP contribution in [0.4, 0.5) is 4.39 Å². The van der Waals surface area contributed by atoms with Gasteiger partial charge >= 0.3 is 0 Å². The number of carbonyl (C=O) groups is 1. The number of benzene rings is 2. The maximum atomic E-state index is 13.0. The standard InChI is InChI=1S/C20H17FN2O2/c21-15-7-5-14(6-8-15)13-23(16-9-10-16)20(24)12-11-19-22-17-3-1-2-4-18(17)25-19/h1-8,11-12,16H,9-10,13H2/b12-11+. The van der Waals surface area contributed by atoms with Crippen molar-refractivity contribution in [2.75, 3.05) is 0 Å². The van der Waals surface area contributed by atoms with Crippen LogP contribution in [0, 0.1) is 5.82 Å². The van der Waals surface area contributed by atoms with Gasteiger partial charge in [0.25, 0.3) is 0 Å². The smallest absolute Gasteiger partial charge is 0.247 e. The van der Waals surface area contributed by atoms with Crippen molar-refractivity contribution in [1.82, 2.24) is 9.88 Å². The van der Waals surface area contributed by atoms with Gasteiger partial charge in [-0.3, -0.25) is 4.79 Å². The Bertz CT molecular complexity index is 893. The highest BCUT2D eigenvalue weighted by Gasteiger charge is 2.31. The third-order valence-corrected chi connectivity index (χ3v) is 4.22. The van der Waals surface area contributed by atoms with Crippen molar-refractivity contribution < 1.29 is 13.6 Å². The van der Waals surface area contributed by atoms with Gasteiger partial charge in [-0.2, -0.15) is 0 Å². The number of fused-ring (bicyclic) bond motifs is 1. The summed E-state index contributed by atoms with van der Waals surface area (Å²) in [6.07, 6.45) is 5.10. The van der Waals surface area contributed by atoms with Crippen LogP contribution >= 0.6 is 0 Å². The first-order chi connectivity index (χ1) is 12.2. The van der Waals surface area contributed by atoms with Gasteiger partial charge in [0.15, 0.2) is 5.58 Å². The summed E-state index contributed by atoms with van der Waals surface area (Å²) >= 11 is 0. The van der Waals surface area contributed by atoms with E-state index in [2.05, 4.69) is 4.98 Å². The zero-order valence-corrected chi connectivity index (χ0v) is 13.6. The highest BCUT2D eigenvalue weighted by molar-refractivity contribution is 5.92. The van der Waals surface area contributed by atoms with Crippen molar-refractivity contribution in [3.8, 4) is 0 Å². The van der Waals surface area contributed by atoms with Crippen LogP contribution in [0.15, 0.2) is 59.0 Å². The van der Waals surface area contributed by atoms with Crippen molar-refractivity contribution >= 4 is 23.1 Å². The van der Waals surface area contributed by atoms with Crippen LogP contribution in [0.1, 0.15) is 24.3 Å². The fraction of sp³-hybridized carbons (Fsp3) is 0.200. The summed E-state index contributed by atoms with van der Waals surface area (Å²) in [5.74, 6) is 0.0464. The Morgan fingerprint density at radius 3 is 2.68 bits per heavy atom. The van der Waals surface area contributed by atoms with Crippen molar-refractivity contribution in [2.45, 2.75) is 25.4 Å². The third kappa shape index (κ3) is 3.60. The molecule has 4 nitrogen and oxygen atoms in total. The van der Waals surface area contributed by atoms with Gasteiger partial charge < -0.3 is 9.32 Å². The largest absolute Gasteiger partial charge is 0.437 e. The Labute approximate surface area is 144 Å². The summed E-state index contributed by atoms with van der Waals surface area (Å²) in [7, 11) is 0. The lowest BCUT2D eigenvalue weighted by Crippen LogP contribution is -2.31. The molecule has 1 heterocycles. The third-order valence-electron chi connectivity index (χ3n) is 4.22. The number of hydrogen-bond acceptors (Lipinski definition) is 3. The molecule has 1 saturated carbocycles. The van der Waals surface area contributed by atoms with E-state index in [-0.39, 0.29) is 17.8 Å². The Morgan fingerprint density at radius 1 is 1.20 bits per heavy atom. The average Bonchev–Trinajstić information content (AvgIpc) is 3.37. The van der Waals surface area contributed by atoms with E-state index in [9.17, 15) is 9.18 Å².